The Morgan fingerprint density at radius 2 is 1.19 bits per heavy atom. The molecule has 2 amide bonds. The van der Waals surface area contributed by atoms with Gasteiger partial charge >= 0.3 is 5.91 Å². The van der Waals surface area contributed by atoms with E-state index in [1.54, 1.807) is 36.4 Å². The van der Waals surface area contributed by atoms with Gasteiger partial charge in [-0.2, -0.15) is 0 Å². The first-order chi connectivity index (χ1) is 15.1. The molecular formula is C21H16N6O4. The van der Waals surface area contributed by atoms with Gasteiger partial charge in [0.1, 0.15) is 11.5 Å². The normalized spacial score (nSPS) is 21.4. The van der Waals surface area contributed by atoms with Crippen molar-refractivity contribution in [3.8, 4) is 11.5 Å². The fourth-order valence-corrected chi connectivity index (χ4v) is 3.27. The van der Waals surface area contributed by atoms with Gasteiger partial charge in [-0.1, -0.05) is 58.8 Å². The summed E-state index contributed by atoms with van der Waals surface area (Å²) in [7, 11) is 0. The zero-order valence-corrected chi connectivity index (χ0v) is 16.0. The Morgan fingerprint density at radius 1 is 0.742 bits per heavy atom. The number of carbonyl (C=O) groups excluding carboxylic acids is 2. The molecule has 2 aromatic carbocycles. The van der Waals surface area contributed by atoms with Gasteiger partial charge < -0.3 is 9.47 Å². The number of amides is 2. The van der Waals surface area contributed by atoms with Crippen LogP contribution in [0.3, 0.4) is 0 Å². The first-order valence-corrected chi connectivity index (χ1v) is 9.48. The molecular weight excluding hydrogens is 400 g/mol. The number of rotatable bonds is 4. The average molecular weight is 416 g/mol. The first kappa shape index (κ1) is 18.7. The Labute approximate surface area is 176 Å². The maximum atomic E-state index is 12.8. The van der Waals surface area contributed by atoms with Crippen LogP contribution < -0.4 is 20.1 Å². The van der Waals surface area contributed by atoms with Gasteiger partial charge in [0, 0.05) is 11.1 Å². The molecule has 0 saturated heterocycles. The summed E-state index contributed by atoms with van der Waals surface area (Å²) in [6.07, 6.45) is 4.88. The standard InChI is InChI=1S/C21H16N6O4/c28-19(17-11-9-13-5-1-3-7-15(13)30-17)22-21(24-26-27-25-21)23-20(29)18-12-10-14-6-2-4-8-16(14)31-18/h1-12,17-18H,(H,22,28)(H,23,29). The molecule has 10 heteroatoms. The van der Waals surface area contributed by atoms with Crippen molar-refractivity contribution in [1.82, 2.24) is 10.6 Å². The molecule has 2 unspecified atom stereocenters. The summed E-state index contributed by atoms with van der Waals surface area (Å²) in [5, 5.41) is 19.5. The second-order valence-corrected chi connectivity index (χ2v) is 6.90. The zero-order valence-electron chi connectivity index (χ0n) is 16.0. The third-order valence-corrected chi connectivity index (χ3v) is 4.78. The summed E-state index contributed by atoms with van der Waals surface area (Å²) >= 11 is 0. The molecule has 3 aliphatic heterocycles. The lowest BCUT2D eigenvalue weighted by Gasteiger charge is -2.28. The summed E-state index contributed by atoms with van der Waals surface area (Å²) in [4.78, 5) is 25.6. The van der Waals surface area contributed by atoms with E-state index in [0.717, 1.165) is 11.1 Å². The highest BCUT2D eigenvalue weighted by Crippen LogP contribution is 2.27. The predicted octanol–water partition coefficient (Wildman–Crippen LogP) is 2.61. The molecule has 10 nitrogen and oxygen atoms in total. The quantitative estimate of drug-likeness (QED) is 0.743. The maximum Gasteiger partial charge on any atom is 0.352 e. The van der Waals surface area contributed by atoms with Crippen LogP contribution >= 0.6 is 0 Å². The van der Waals surface area contributed by atoms with Crippen molar-refractivity contribution in [2.75, 3.05) is 0 Å². The maximum absolute atomic E-state index is 12.8. The second-order valence-electron chi connectivity index (χ2n) is 6.90. The van der Waals surface area contributed by atoms with Gasteiger partial charge in [0.2, 0.25) is 0 Å². The highest BCUT2D eigenvalue weighted by Gasteiger charge is 2.41. The van der Waals surface area contributed by atoms with Crippen molar-refractivity contribution >= 4 is 24.0 Å². The van der Waals surface area contributed by atoms with Gasteiger partial charge in [0.05, 0.1) is 0 Å². The number of fused-ring (bicyclic) bond motifs is 2. The van der Waals surface area contributed by atoms with Crippen LogP contribution in [-0.2, 0) is 9.59 Å². The van der Waals surface area contributed by atoms with E-state index in [9.17, 15) is 9.59 Å². The lowest BCUT2D eigenvalue weighted by Crippen LogP contribution is -2.61. The van der Waals surface area contributed by atoms with E-state index in [4.69, 9.17) is 9.47 Å². The minimum atomic E-state index is -1.88. The molecule has 0 radical (unpaired) electrons. The largest absolute Gasteiger partial charge is 0.476 e. The van der Waals surface area contributed by atoms with E-state index in [-0.39, 0.29) is 0 Å². The number of benzene rings is 2. The Bertz CT molecular complexity index is 1080. The van der Waals surface area contributed by atoms with E-state index in [1.165, 1.54) is 0 Å². The van der Waals surface area contributed by atoms with Crippen LogP contribution in [0, 0.1) is 0 Å². The van der Waals surface area contributed by atoms with Gasteiger partial charge in [-0.25, -0.2) is 0 Å². The van der Waals surface area contributed by atoms with E-state index in [1.807, 2.05) is 36.4 Å². The Balaban J connectivity index is 1.29. The van der Waals surface area contributed by atoms with Gasteiger partial charge in [0.25, 0.3) is 11.8 Å². The van der Waals surface area contributed by atoms with Crippen molar-refractivity contribution in [1.29, 1.82) is 0 Å². The molecule has 3 heterocycles. The van der Waals surface area contributed by atoms with Gasteiger partial charge in [-0.3, -0.25) is 20.2 Å². The van der Waals surface area contributed by atoms with Crippen molar-refractivity contribution in [2.45, 2.75) is 18.1 Å². The first-order valence-electron chi connectivity index (χ1n) is 9.48. The molecule has 31 heavy (non-hydrogen) atoms. The van der Waals surface area contributed by atoms with Crippen LogP contribution in [0.2, 0.25) is 0 Å². The molecule has 0 aliphatic carbocycles. The van der Waals surface area contributed by atoms with Crippen LogP contribution in [-0.4, -0.2) is 29.9 Å². The van der Waals surface area contributed by atoms with E-state index in [0.29, 0.717) is 11.5 Å². The number of para-hydroxylation sites is 2. The highest BCUT2D eigenvalue weighted by molar-refractivity contribution is 5.89. The van der Waals surface area contributed by atoms with Gasteiger partial charge in [0.15, 0.2) is 12.2 Å². The molecule has 0 fully saturated rings. The minimum Gasteiger partial charge on any atom is -0.476 e. The van der Waals surface area contributed by atoms with E-state index >= 15 is 0 Å². The summed E-state index contributed by atoms with van der Waals surface area (Å²) in [5.41, 5.74) is 1.72. The van der Waals surface area contributed by atoms with E-state index < -0.39 is 29.9 Å². The molecule has 2 N–H and O–H groups in total. The van der Waals surface area contributed by atoms with Crippen LogP contribution in [0.5, 0.6) is 11.5 Å². The van der Waals surface area contributed by atoms with Gasteiger partial charge in [-0.05, 0) is 34.7 Å². The van der Waals surface area contributed by atoms with E-state index in [2.05, 4.69) is 31.3 Å². The predicted molar refractivity (Wildman–Crippen MR) is 109 cm³/mol. The Morgan fingerprint density at radius 3 is 1.68 bits per heavy atom. The molecule has 2 atom stereocenters. The molecule has 154 valence electrons. The fourth-order valence-electron chi connectivity index (χ4n) is 3.27. The average Bonchev–Trinajstić information content (AvgIpc) is 3.26. The van der Waals surface area contributed by atoms with Crippen molar-refractivity contribution < 1.29 is 19.1 Å². The number of nitrogens with one attached hydrogen (secondary N) is 2. The van der Waals surface area contributed by atoms with Crippen LogP contribution in [0.1, 0.15) is 11.1 Å². The zero-order chi connectivity index (χ0) is 21.3. The topological polar surface area (TPSA) is 126 Å². The molecule has 0 saturated carbocycles. The molecule has 2 aromatic rings. The second kappa shape index (κ2) is 7.48. The van der Waals surface area contributed by atoms with Crippen LogP contribution in [0.15, 0.2) is 81.4 Å². The van der Waals surface area contributed by atoms with Crippen LogP contribution in [0.25, 0.3) is 12.2 Å². The minimum absolute atomic E-state index is 0.567. The number of nitrogens with zero attached hydrogens (tertiary/aromatic N) is 4. The Hall–Kier alpha value is -4.34. The van der Waals surface area contributed by atoms with Crippen molar-refractivity contribution in [3.63, 3.8) is 0 Å². The third kappa shape index (κ3) is 3.66. The SMILES string of the molecule is O=C(NC1(NC(=O)C2C=Cc3ccccc3O2)N=NN=N1)C1C=Cc2ccccc2O1. The highest BCUT2D eigenvalue weighted by atomic mass is 16.5. The summed E-state index contributed by atoms with van der Waals surface area (Å²) < 4.78 is 11.4. The third-order valence-electron chi connectivity index (χ3n) is 4.78. The number of hydrogen-bond acceptors (Lipinski definition) is 8. The summed E-state index contributed by atoms with van der Waals surface area (Å²) in [5.74, 6) is -1.89. The fraction of sp³-hybridized carbons (Fsp3) is 0.143. The number of ether oxygens (including phenoxy) is 2. The smallest absolute Gasteiger partial charge is 0.352 e. The lowest BCUT2D eigenvalue weighted by molar-refractivity contribution is -0.132. The van der Waals surface area contributed by atoms with Crippen molar-refractivity contribution in [3.05, 3.63) is 71.8 Å². The lowest BCUT2D eigenvalue weighted by atomic mass is 10.1. The molecule has 0 aromatic heterocycles. The Kier molecular flexibility index (Phi) is 4.51. The van der Waals surface area contributed by atoms with Crippen LogP contribution in [0.4, 0.5) is 0 Å². The molecule has 0 spiro atoms. The summed E-state index contributed by atoms with van der Waals surface area (Å²) in [6.45, 7) is 0. The van der Waals surface area contributed by atoms with Gasteiger partial charge in [-0.15, -0.1) is 0 Å². The monoisotopic (exact) mass is 416 g/mol. The molecule has 3 aliphatic rings. The summed E-state index contributed by atoms with van der Waals surface area (Å²) in [6, 6.07) is 14.6. The van der Waals surface area contributed by atoms with Crippen molar-refractivity contribution in [2.24, 2.45) is 20.7 Å². The number of hydrogen-bond donors (Lipinski definition) is 2. The molecule has 5 rings (SSSR count). The molecule has 0 bridgehead atoms. The number of carbonyl (C=O) groups is 2.